The standard InChI is InChI=1S/C18H26ClNO2/c1-14-12-16(13-15(2)18(14)19)22-11-7-8-17(21)20-9-5-3-4-6-10-20/h12-13H,3-11H2,1-2H3. The largest absolute Gasteiger partial charge is 0.494 e. The van der Waals surface area contributed by atoms with Gasteiger partial charge in [0.2, 0.25) is 5.91 Å². The molecule has 3 nitrogen and oxygen atoms in total. The molecule has 1 aliphatic heterocycles. The molecule has 1 saturated heterocycles. The SMILES string of the molecule is Cc1cc(OCCCC(=O)N2CCCCCC2)cc(C)c1Cl. The number of aryl methyl sites for hydroxylation is 2. The van der Waals surface area contributed by atoms with Gasteiger partial charge in [-0.15, -0.1) is 0 Å². The van der Waals surface area contributed by atoms with Crippen LogP contribution in [0.3, 0.4) is 0 Å². The molecule has 0 atom stereocenters. The van der Waals surface area contributed by atoms with Crippen LogP contribution in [0.25, 0.3) is 0 Å². The van der Waals surface area contributed by atoms with E-state index < -0.39 is 0 Å². The third kappa shape index (κ3) is 4.91. The average molecular weight is 324 g/mol. The number of nitrogens with zero attached hydrogens (tertiary/aromatic N) is 1. The predicted molar refractivity (Wildman–Crippen MR) is 90.7 cm³/mol. The van der Waals surface area contributed by atoms with E-state index in [0.717, 1.165) is 54.3 Å². The molecule has 2 rings (SSSR count). The van der Waals surface area contributed by atoms with Crippen LogP contribution in [-0.2, 0) is 4.79 Å². The Balaban J connectivity index is 1.73. The highest BCUT2D eigenvalue weighted by Gasteiger charge is 2.14. The second kappa shape index (κ2) is 8.42. The number of likely N-dealkylation sites (tertiary alicyclic amines) is 1. The second-order valence-electron chi connectivity index (χ2n) is 6.12. The van der Waals surface area contributed by atoms with Crippen LogP contribution in [0.2, 0.25) is 5.02 Å². The van der Waals surface area contributed by atoms with Crippen LogP contribution in [0, 0.1) is 13.8 Å². The third-order valence-corrected chi connectivity index (χ3v) is 4.77. The molecule has 1 aromatic rings. The van der Waals surface area contributed by atoms with Gasteiger partial charge in [-0.25, -0.2) is 0 Å². The quantitative estimate of drug-likeness (QED) is 0.746. The summed E-state index contributed by atoms with van der Waals surface area (Å²) in [6.07, 6.45) is 6.13. The number of benzene rings is 1. The van der Waals surface area contributed by atoms with Crippen molar-refractivity contribution in [2.75, 3.05) is 19.7 Å². The van der Waals surface area contributed by atoms with Gasteiger partial charge in [0.1, 0.15) is 5.75 Å². The first-order valence-corrected chi connectivity index (χ1v) is 8.63. The number of halogens is 1. The lowest BCUT2D eigenvalue weighted by atomic mass is 10.1. The fourth-order valence-corrected chi connectivity index (χ4v) is 2.99. The summed E-state index contributed by atoms with van der Waals surface area (Å²) >= 11 is 6.15. The normalized spacial score (nSPS) is 15.5. The first-order chi connectivity index (χ1) is 10.6. The van der Waals surface area contributed by atoms with Gasteiger partial charge in [-0.3, -0.25) is 4.79 Å². The van der Waals surface area contributed by atoms with E-state index >= 15 is 0 Å². The van der Waals surface area contributed by atoms with Gasteiger partial charge in [0.15, 0.2) is 0 Å². The monoisotopic (exact) mass is 323 g/mol. The van der Waals surface area contributed by atoms with E-state index in [2.05, 4.69) is 0 Å². The first kappa shape index (κ1) is 17.1. The van der Waals surface area contributed by atoms with Crippen molar-refractivity contribution in [3.8, 4) is 5.75 Å². The lowest BCUT2D eigenvalue weighted by molar-refractivity contribution is -0.131. The zero-order valence-corrected chi connectivity index (χ0v) is 14.4. The van der Waals surface area contributed by atoms with Gasteiger partial charge in [-0.2, -0.15) is 0 Å². The summed E-state index contributed by atoms with van der Waals surface area (Å²) in [5, 5.41) is 0.795. The molecule has 0 N–H and O–H groups in total. The number of hydrogen-bond acceptors (Lipinski definition) is 2. The number of hydrogen-bond donors (Lipinski definition) is 0. The van der Waals surface area contributed by atoms with Crippen molar-refractivity contribution >= 4 is 17.5 Å². The average Bonchev–Trinajstić information content (AvgIpc) is 2.78. The Morgan fingerprint density at radius 2 is 1.73 bits per heavy atom. The van der Waals surface area contributed by atoms with Crippen molar-refractivity contribution < 1.29 is 9.53 Å². The lowest BCUT2D eigenvalue weighted by Crippen LogP contribution is -2.31. The fourth-order valence-electron chi connectivity index (χ4n) is 2.88. The predicted octanol–water partition coefficient (Wildman–Crippen LogP) is 4.52. The van der Waals surface area contributed by atoms with E-state index in [4.69, 9.17) is 16.3 Å². The molecule has 0 aliphatic carbocycles. The summed E-state index contributed by atoms with van der Waals surface area (Å²) in [4.78, 5) is 14.2. The van der Waals surface area contributed by atoms with Gasteiger partial charge in [0.25, 0.3) is 0 Å². The zero-order valence-electron chi connectivity index (χ0n) is 13.7. The third-order valence-electron chi connectivity index (χ3n) is 4.17. The summed E-state index contributed by atoms with van der Waals surface area (Å²) in [7, 11) is 0. The first-order valence-electron chi connectivity index (χ1n) is 8.25. The molecule has 0 saturated carbocycles. The van der Waals surface area contributed by atoms with E-state index in [1.807, 2.05) is 30.9 Å². The number of ether oxygens (including phenoxy) is 1. The summed E-state index contributed by atoms with van der Waals surface area (Å²) in [5.41, 5.74) is 2.05. The number of carbonyl (C=O) groups excluding carboxylic acids is 1. The van der Waals surface area contributed by atoms with E-state index in [-0.39, 0.29) is 5.91 Å². The van der Waals surface area contributed by atoms with Crippen molar-refractivity contribution in [3.63, 3.8) is 0 Å². The molecular formula is C18H26ClNO2. The fraction of sp³-hybridized carbons (Fsp3) is 0.611. The van der Waals surface area contributed by atoms with Crippen molar-refractivity contribution in [2.24, 2.45) is 0 Å². The molecule has 4 heteroatoms. The van der Waals surface area contributed by atoms with Gasteiger partial charge in [-0.05, 0) is 56.4 Å². The van der Waals surface area contributed by atoms with Crippen LogP contribution in [-0.4, -0.2) is 30.5 Å². The molecule has 0 spiro atoms. The van der Waals surface area contributed by atoms with Crippen molar-refractivity contribution in [3.05, 3.63) is 28.3 Å². The van der Waals surface area contributed by atoms with Gasteiger partial charge in [-0.1, -0.05) is 24.4 Å². The Bertz CT molecular complexity index is 485. The Morgan fingerprint density at radius 3 is 2.32 bits per heavy atom. The summed E-state index contributed by atoms with van der Waals surface area (Å²) < 4.78 is 5.76. The van der Waals surface area contributed by atoms with Crippen LogP contribution in [0.5, 0.6) is 5.75 Å². The molecule has 1 aromatic carbocycles. The van der Waals surface area contributed by atoms with E-state index in [1.165, 1.54) is 12.8 Å². The van der Waals surface area contributed by atoms with Crippen molar-refractivity contribution in [1.29, 1.82) is 0 Å². The summed E-state index contributed by atoms with van der Waals surface area (Å²) in [6.45, 7) is 6.38. The van der Waals surface area contributed by atoms with E-state index in [1.54, 1.807) is 0 Å². The highest BCUT2D eigenvalue weighted by Crippen LogP contribution is 2.26. The summed E-state index contributed by atoms with van der Waals surface area (Å²) in [6, 6.07) is 3.90. The van der Waals surface area contributed by atoms with Crippen LogP contribution in [0.15, 0.2) is 12.1 Å². The van der Waals surface area contributed by atoms with Crippen LogP contribution in [0.1, 0.15) is 49.7 Å². The Kier molecular flexibility index (Phi) is 6.56. The maximum absolute atomic E-state index is 12.2. The van der Waals surface area contributed by atoms with E-state index in [9.17, 15) is 4.79 Å². The molecule has 122 valence electrons. The molecule has 1 fully saturated rings. The maximum Gasteiger partial charge on any atom is 0.222 e. The van der Waals surface area contributed by atoms with Gasteiger partial charge in [0, 0.05) is 24.5 Å². The maximum atomic E-state index is 12.2. The number of rotatable bonds is 5. The molecule has 0 bridgehead atoms. The highest BCUT2D eigenvalue weighted by atomic mass is 35.5. The van der Waals surface area contributed by atoms with Crippen molar-refractivity contribution in [1.82, 2.24) is 4.90 Å². The Morgan fingerprint density at radius 1 is 1.14 bits per heavy atom. The molecule has 1 aliphatic rings. The molecule has 1 heterocycles. The minimum absolute atomic E-state index is 0.272. The molecule has 0 aromatic heterocycles. The molecule has 1 amide bonds. The zero-order chi connectivity index (χ0) is 15.9. The molecular weight excluding hydrogens is 298 g/mol. The van der Waals surface area contributed by atoms with Crippen LogP contribution < -0.4 is 4.74 Å². The van der Waals surface area contributed by atoms with Crippen LogP contribution >= 0.6 is 11.6 Å². The van der Waals surface area contributed by atoms with E-state index in [0.29, 0.717) is 13.0 Å². The minimum Gasteiger partial charge on any atom is -0.494 e. The minimum atomic E-state index is 0.272. The lowest BCUT2D eigenvalue weighted by Gasteiger charge is -2.20. The smallest absolute Gasteiger partial charge is 0.222 e. The Labute approximate surface area is 138 Å². The Hall–Kier alpha value is -1.22. The topological polar surface area (TPSA) is 29.5 Å². The number of carbonyl (C=O) groups is 1. The molecule has 0 radical (unpaired) electrons. The second-order valence-corrected chi connectivity index (χ2v) is 6.50. The van der Waals surface area contributed by atoms with Gasteiger partial charge in [0.05, 0.1) is 6.61 Å². The van der Waals surface area contributed by atoms with Crippen LogP contribution in [0.4, 0.5) is 0 Å². The highest BCUT2D eigenvalue weighted by molar-refractivity contribution is 6.32. The summed E-state index contributed by atoms with van der Waals surface area (Å²) in [5.74, 6) is 1.11. The van der Waals surface area contributed by atoms with Gasteiger partial charge < -0.3 is 9.64 Å². The van der Waals surface area contributed by atoms with Crippen molar-refractivity contribution in [2.45, 2.75) is 52.4 Å². The molecule has 0 unspecified atom stereocenters. The number of amides is 1. The molecule has 22 heavy (non-hydrogen) atoms. The van der Waals surface area contributed by atoms with Gasteiger partial charge >= 0.3 is 0 Å².